The summed E-state index contributed by atoms with van der Waals surface area (Å²) in [4.78, 5) is 25.8. The van der Waals surface area contributed by atoms with E-state index in [1.807, 2.05) is 36.4 Å². The molecule has 2 aromatic rings. The average Bonchev–Trinajstić information content (AvgIpc) is 2.66. The van der Waals surface area contributed by atoms with Gasteiger partial charge in [0.1, 0.15) is 6.10 Å². The van der Waals surface area contributed by atoms with E-state index in [2.05, 4.69) is 6.58 Å². The number of fused-ring (bicyclic) bond motifs is 2. The van der Waals surface area contributed by atoms with Gasteiger partial charge >= 0.3 is 0 Å². The van der Waals surface area contributed by atoms with Gasteiger partial charge in [-0.1, -0.05) is 67.3 Å². The number of aliphatic hydroxyl groups excluding tert-OH is 1. The molecule has 0 saturated heterocycles. The second-order valence-corrected chi connectivity index (χ2v) is 6.59. The summed E-state index contributed by atoms with van der Waals surface area (Å²) in [7, 11) is 0. The van der Waals surface area contributed by atoms with Crippen LogP contribution in [0, 0.1) is 11.8 Å². The predicted molar refractivity (Wildman–Crippen MR) is 95.3 cm³/mol. The quantitative estimate of drug-likeness (QED) is 0.908. The summed E-state index contributed by atoms with van der Waals surface area (Å²) in [5, 5.41) is 10.7. The molecule has 0 fully saturated rings. The Kier molecular flexibility index (Phi) is 3.74. The SMILES string of the molecule is C=C1C(C(O)c2ccccc2)=CCC2C(=O)c3ccccc3C(=O)C12. The highest BCUT2D eigenvalue weighted by atomic mass is 16.3. The minimum Gasteiger partial charge on any atom is -0.384 e. The van der Waals surface area contributed by atoms with Gasteiger partial charge in [-0.3, -0.25) is 9.59 Å². The van der Waals surface area contributed by atoms with Gasteiger partial charge in [0.2, 0.25) is 0 Å². The van der Waals surface area contributed by atoms with Gasteiger partial charge in [-0.2, -0.15) is 0 Å². The Morgan fingerprint density at radius 1 is 0.920 bits per heavy atom. The molecule has 3 atom stereocenters. The van der Waals surface area contributed by atoms with Crippen molar-refractivity contribution in [3.8, 4) is 0 Å². The number of carbonyl (C=O) groups excluding carboxylic acids is 2. The molecule has 3 nitrogen and oxygen atoms in total. The predicted octanol–water partition coefficient (Wildman–Crippen LogP) is 3.92. The van der Waals surface area contributed by atoms with Crippen molar-refractivity contribution in [3.05, 3.63) is 95.1 Å². The first-order valence-electron chi connectivity index (χ1n) is 8.39. The topological polar surface area (TPSA) is 54.4 Å². The van der Waals surface area contributed by atoms with Crippen LogP contribution in [0.1, 0.15) is 38.8 Å². The number of rotatable bonds is 2. The van der Waals surface area contributed by atoms with Crippen LogP contribution in [0.3, 0.4) is 0 Å². The lowest BCUT2D eigenvalue weighted by Crippen LogP contribution is -2.39. The maximum absolute atomic E-state index is 13.0. The van der Waals surface area contributed by atoms with Gasteiger partial charge in [0.15, 0.2) is 11.6 Å². The van der Waals surface area contributed by atoms with Crippen LogP contribution in [-0.4, -0.2) is 16.7 Å². The van der Waals surface area contributed by atoms with E-state index in [1.165, 1.54) is 0 Å². The second kappa shape index (κ2) is 5.94. The van der Waals surface area contributed by atoms with Crippen LogP contribution in [0.4, 0.5) is 0 Å². The summed E-state index contributed by atoms with van der Waals surface area (Å²) in [5.74, 6) is -1.08. The van der Waals surface area contributed by atoms with Crippen molar-refractivity contribution in [1.29, 1.82) is 0 Å². The summed E-state index contributed by atoms with van der Waals surface area (Å²) in [6, 6.07) is 16.3. The Morgan fingerprint density at radius 2 is 1.52 bits per heavy atom. The third-order valence-electron chi connectivity index (χ3n) is 5.23. The molecular weight excluding hydrogens is 312 g/mol. The number of aliphatic hydroxyl groups is 1. The summed E-state index contributed by atoms with van der Waals surface area (Å²) >= 11 is 0. The molecule has 0 radical (unpaired) electrons. The molecule has 2 aromatic carbocycles. The van der Waals surface area contributed by atoms with Crippen LogP contribution in [0.15, 0.2) is 78.4 Å². The van der Waals surface area contributed by atoms with Crippen LogP contribution in [0.5, 0.6) is 0 Å². The van der Waals surface area contributed by atoms with Crippen molar-refractivity contribution in [1.82, 2.24) is 0 Å². The fourth-order valence-corrected chi connectivity index (χ4v) is 3.93. The van der Waals surface area contributed by atoms with E-state index in [9.17, 15) is 14.7 Å². The molecule has 25 heavy (non-hydrogen) atoms. The van der Waals surface area contributed by atoms with E-state index in [4.69, 9.17) is 0 Å². The van der Waals surface area contributed by atoms with Gasteiger partial charge in [-0.05, 0) is 23.1 Å². The lowest BCUT2D eigenvalue weighted by atomic mass is 9.65. The zero-order valence-electron chi connectivity index (χ0n) is 13.7. The van der Waals surface area contributed by atoms with Crippen molar-refractivity contribution in [2.45, 2.75) is 12.5 Å². The fourth-order valence-electron chi connectivity index (χ4n) is 3.93. The van der Waals surface area contributed by atoms with Crippen molar-refractivity contribution in [2.24, 2.45) is 11.8 Å². The Hall–Kier alpha value is -2.78. The van der Waals surface area contributed by atoms with E-state index < -0.39 is 17.9 Å². The van der Waals surface area contributed by atoms with Crippen molar-refractivity contribution < 1.29 is 14.7 Å². The van der Waals surface area contributed by atoms with Gasteiger partial charge < -0.3 is 5.11 Å². The Morgan fingerprint density at radius 3 is 2.20 bits per heavy atom. The fraction of sp³-hybridized carbons (Fsp3) is 0.182. The molecule has 124 valence electrons. The van der Waals surface area contributed by atoms with E-state index in [0.29, 0.717) is 28.7 Å². The molecule has 0 aliphatic heterocycles. The summed E-state index contributed by atoms with van der Waals surface area (Å²) in [6.07, 6.45) is 1.47. The molecule has 0 heterocycles. The molecule has 1 N–H and O–H groups in total. The highest BCUT2D eigenvalue weighted by Gasteiger charge is 2.45. The number of hydrogen-bond donors (Lipinski definition) is 1. The number of carbonyl (C=O) groups is 2. The van der Waals surface area contributed by atoms with Gasteiger partial charge in [-0.15, -0.1) is 0 Å². The van der Waals surface area contributed by atoms with Gasteiger partial charge in [0.25, 0.3) is 0 Å². The van der Waals surface area contributed by atoms with Crippen molar-refractivity contribution in [2.75, 3.05) is 0 Å². The Balaban J connectivity index is 1.74. The van der Waals surface area contributed by atoms with Gasteiger partial charge in [0, 0.05) is 17.0 Å². The third-order valence-corrected chi connectivity index (χ3v) is 5.23. The lowest BCUT2D eigenvalue weighted by molar-refractivity contribution is 0.0754. The number of Topliss-reactive ketones (excluding diaryl/α,β-unsaturated/α-hetero) is 2. The van der Waals surface area contributed by atoms with Gasteiger partial charge in [-0.25, -0.2) is 0 Å². The molecule has 0 spiro atoms. The molecule has 3 heteroatoms. The van der Waals surface area contributed by atoms with Crippen LogP contribution in [-0.2, 0) is 0 Å². The molecule has 3 unspecified atom stereocenters. The standard InChI is InChI=1S/C22H18O3/c1-13-15(20(23)14-7-3-2-4-8-14)11-12-18-19(13)22(25)17-10-6-5-9-16(17)21(18)24/h2-11,18-20,23H,1,12H2. The summed E-state index contributed by atoms with van der Waals surface area (Å²) < 4.78 is 0. The number of ketones is 2. The first-order chi connectivity index (χ1) is 12.1. The monoisotopic (exact) mass is 330 g/mol. The average molecular weight is 330 g/mol. The maximum Gasteiger partial charge on any atom is 0.171 e. The number of benzene rings is 2. The molecule has 0 saturated carbocycles. The molecule has 4 rings (SSSR count). The van der Waals surface area contributed by atoms with Crippen molar-refractivity contribution >= 4 is 11.6 Å². The molecule has 0 amide bonds. The smallest absolute Gasteiger partial charge is 0.171 e. The zero-order valence-corrected chi connectivity index (χ0v) is 13.7. The van der Waals surface area contributed by atoms with E-state index in [-0.39, 0.29) is 11.6 Å². The first kappa shape index (κ1) is 15.7. The Labute approximate surface area is 146 Å². The minimum atomic E-state index is -0.838. The lowest BCUT2D eigenvalue weighted by Gasteiger charge is -2.36. The molecule has 2 aliphatic rings. The van der Waals surface area contributed by atoms with Crippen LogP contribution < -0.4 is 0 Å². The van der Waals surface area contributed by atoms with Gasteiger partial charge in [0.05, 0.1) is 5.92 Å². The summed E-state index contributed by atoms with van der Waals surface area (Å²) in [6.45, 7) is 4.08. The maximum atomic E-state index is 13.0. The van der Waals surface area contributed by atoms with Crippen LogP contribution >= 0.6 is 0 Å². The summed E-state index contributed by atoms with van der Waals surface area (Å²) in [5.41, 5.74) is 2.92. The Bertz CT molecular complexity index is 908. The van der Waals surface area contributed by atoms with E-state index in [0.717, 1.165) is 5.56 Å². The molecular formula is C22H18O3. The van der Waals surface area contributed by atoms with Crippen LogP contribution in [0.2, 0.25) is 0 Å². The molecule has 0 aromatic heterocycles. The van der Waals surface area contributed by atoms with Crippen molar-refractivity contribution in [3.63, 3.8) is 0 Å². The second-order valence-electron chi connectivity index (χ2n) is 6.59. The third kappa shape index (κ3) is 2.39. The molecule has 2 aliphatic carbocycles. The highest BCUT2D eigenvalue weighted by molar-refractivity contribution is 6.17. The number of allylic oxidation sites excluding steroid dienone is 1. The van der Waals surface area contributed by atoms with E-state index >= 15 is 0 Å². The molecule has 0 bridgehead atoms. The highest BCUT2D eigenvalue weighted by Crippen LogP contribution is 2.44. The first-order valence-corrected chi connectivity index (χ1v) is 8.39. The van der Waals surface area contributed by atoms with Crippen LogP contribution in [0.25, 0.3) is 0 Å². The largest absolute Gasteiger partial charge is 0.384 e. The minimum absolute atomic E-state index is 0.00847. The normalized spacial score (nSPS) is 23.6. The number of hydrogen-bond acceptors (Lipinski definition) is 3. The zero-order chi connectivity index (χ0) is 17.6. The van der Waals surface area contributed by atoms with E-state index in [1.54, 1.807) is 24.3 Å².